The predicted molar refractivity (Wildman–Crippen MR) is 252 cm³/mol. The Kier molecular flexibility index (Phi) is 12.7. The van der Waals surface area contributed by atoms with Crippen molar-refractivity contribution >= 4 is 34.7 Å². The largest absolute Gasteiger partial charge is 0.453 e. The molecule has 4 aliphatic heterocycles. The number of fused-ring (bicyclic) bond motifs is 1. The molecule has 0 unspecified atom stereocenters. The number of benzene rings is 4. The zero-order valence-corrected chi connectivity index (χ0v) is 38.0. The van der Waals surface area contributed by atoms with Gasteiger partial charge < -0.3 is 54.7 Å². The maximum atomic E-state index is 14.4. The van der Waals surface area contributed by atoms with Crippen LogP contribution in [0, 0.1) is 5.92 Å². The van der Waals surface area contributed by atoms with Gasteiger partial charge in [0.05, 0.1) is 62.7 Å². The van der Waals surface area contributed by atoms with E-state index in [0.717, 1.165) is 63.1 Å². The van der Waals surface area contributed by atoms with Crippen LogP contribution in [0.5, 0.6) is 0 Å². The highest BCUT2D eigenvalue weighted by molar-refractivity contribution is 5.91. The molecule has 4 aliphatic rings. The normalized spacial score (nSPS) is 20.1. The maximum Gasteiger partial charge on any atom is 0.407 e. The smallest absolute Gasteiger partial charge is 0.407 e. The summed E-state index contributed by atoms with van der Waals surface area (Å²) in [7, 11) is 2.82. The summed E-state index contributed by atoms with van der Waals surface area (Å²) in [5.74, 6) is -0.0894. The molecule has 68 heavy (non-hydrogen) atoms. The average molecular weight is 922 g/mol. The van der Waals surface area contributed by atoms with Crippen LogP contribution in [-0.4, -0.2) is 119 Å². The molecule has 2 aromatic heterocycles. The topological polar surface area (TPSA) is 205 Å². The quantitative estimate of drug-likeness (QED) is 0.0921. The number of amides is 5. The lowest BCUT2D eigenvalue weighted by Gasteiger charge is -2.34. The van der Waals surface area contributed by atoms with Gasteiger partial charge in [-0.1, -0.05) is 78.9 Å². The van der Waals surface area contributed by atoms with E-state index in [0.29, 0.717) is 63.6 Å². The third-order valence-electron chi connectivity index (χ3n) is 13.8. The van der Waals surface area contributed by atoms with Crippen LogP contribution >= 0.6 is 0 Å². The van der Waals surface area contributed by atoms with Crippen molar-refractivity contribution in [1.82, 2.24) is 45.7 Å². The molecule has 1 spiro atoms. The first-order valence-electron chi connectivity index (χ1n) is 23.3. The second kappa shape index (κ2) is 19.3. The number of aromatic amines is 2. The van der Waals surface area contributed by atoms with Gasteiger partial charge >= 0.3 is 12.1 Å². The number of ether oxygens (including phenoxy) is 4. The maximum absolute atomic E-state index is 14.4. The van der Waals surface area contributed by atoms with E-state index in [9.17, 15) is 19.2 Å². The molecule has 6 aromatic rings. The molecule has 5 N–H and O–H groups in total. The number of H-pyrrole nitrogens is 2. The van der Waals surface area contributed by atoms with Crippen molar-refractivity contribution in [3.05, 3.63) is 121 Å². The Bertz CT molecular complexity index is 2780. The van der Waals surface area contributed by atoms with Crippen molar-refractivity contribution in [1.29, 1.82) is 0 Å². The number of rotatable bonds is 11. The van der Waals surface area contributed by atoms with E-state index in [1.807, 2.05) is 41.4 Å². The summed E-state index contributed by atoms with van der Waals surface area (Å²) in [5.41, 5.74) is 6.35. The van der Waals surface area contributed by atoms with E-state index in [4.69, 9.17) is 28.9 Å². The van der Waals surface area contributed by atoms with E-state index < -0.39 is 36.0 Å². The van der Waals surface area contributed by atoms with Crippen molar-refractivity contribution in [3.63, 3.8) is 0 Å². The standard InChI is InChI=1S/C51H55N9O8/c1-52-49(63)57-43(33-7-4-3-5-8-33)48(62)60-30-51(67-23-24-68-51)27-42(60)46-54-28-39(55-46)32-12-10-31(11-13-32)35-14-15-37-26-38(17-16-36(37)25-35)40-29-53-45(56-40)41-9-6-20-59(41)47(61)44(58-50(64)65-2)34-18-21-66-22-19-34/h3-5,7-8,10-17,25-26,28-29,34,41-44H,6,9,18-24,27,30H2,1-2H3,(H,53,56)(H,54,55)(H,58,64)(H2,52,57,63)/t41-,42-,43+,44-/m0/s1. The van der Waals surface area contributed by atoms with Gasteiger partial charge in [-0.2, -0.15) is 0 Å². The zero-order chi connectivity index (χ0) is 46.8. The molecule has 4 atom stereocenters. The minimum absolute atomic E-state index is 0.0362. The number of carbonyl (C=O) groups excluding carboxylic acids is 4. The summed E-state index contributed by atoms with van der Waals surface area (Å²) < 4.78 is 22.6. The Morgan fingerprint density at radius 1 is 0.721 bits per heavy atom. The summed E-state index contributed by atoms with van der Waals surface area (Å²) in [6.07, 6.45) is 6.35. The van der Waals surface area contributed by atoms with Gasteiger partial charge in [-0.05, 0) is 76.8 Å². The molecule has 0 bridgehead atoms. The van der Waals surface area contributed by atoms with Crippen molar-refractivity contribution in [2.75, 3.05) is 53.7 Å². The molecule has 4 fully saturated rings. The number of imidazole rings is 2. The van der Waals surface area contributed by atoms with Crippen LogP contribution in [0.2, 0.25) is 0 Å². The molecule has 352 valence electrons. The molecule has 5 amide bonds. The lowest BCUT2D eigenvalue weighted by Crippen LogP contribution is -2.53. The van der Waals surface area contributed by atoms with Crippen molar-refractivity contribution < 1.29 is 38.1 Å². The van der Waals surface area contributed by atoms with Crippen LogP contribution in [0.3, 0.4) is 0 Å². The first-order valence-corrected chi connectivity index (χ1v) is 23.3. The van der Waals surface area contributed by atoms with E-state index in [1.165, 1.54) is 14.2 Å². The Hall–Kier alpha value is -7.08. The number of nitrogens with one attached hydrogen (secondary N) is 5. The van der Waals surface area contributed by atoms with Crippen LogP contribution in [-0.2, 0) is 28.5 Å². The van der Waals surface area contributed by atoms with Crippen molar-refractivity contribution in [2.45, 2.75) is 62.1 Å². The number of urea groups is 1. The lowest BCUT2D eigenvalue weighted by atomic mass is 9.90. The third kappa shape index (κ3) is 9.03. The van der Waals surface area contributed by atoms with Gasteiger partial charge in [0.1, 0.15) is 23.7 Å². The molecule has 4 saturated heterocycles. The molecule has 0 saturated carbocycles. The molecule has 17 heteroatoms. The fourth-order valence-corrected chi connectivity index (χ4v) is 10.2. The number of likely N-dealkylation sites (tertiary alicyclic amines) is 2. The zero-order valence-electron chi connectivity index (χ0n) is 38.0. The highest BCUT2D eigenvalue weighted by Gasteiger charge is 2.52. The summed E-state index contributed by atoms with van der Waals surface area (Å²) in [4.78, 5) is 73.4. The SMILES string of the molecule is CNC(=O)N[C@@H](C(=O)N1CC2(C[C@H]1c1ncc(-c3ccc(-c4ccc5cc(-c6cnc([C@@H]7CCCN7C(=O)[C@@H](NC(=O)OC)C7CCOCC7)[nH]6)ccc5c4)cc3)[nH]1)OCCO2)c1ccccc1. The van der Waals surface area contributed by atoms with Crippen LogP contribution in [0.4, 0.5) is 9.59 Å². The fourth-order valence-electron chi connectivity index (χ4n) is 10.2. The van der Waals surface area contributed by atoms with Crippen LogP contribution in [0.25, 0.3) is 44.4 Å². The summed E-state index contributed by atoms with van der Waals surface area (Å²) in [6.45, 7) is 2.74. The Balaban J connectivity index is 0.831. The van der Waals surface area contributed by atoms with Crippen LogP contribution in [0.1, 0.15) is 67.4 Å². The number of aromatic nitrogens is 4. The van der Waals surface area contributed by atoms with Gasteiger partial charge in [-0.15, -0.1) is 0 Å². The second-order valence-corrected chi connectivity index (χ2v) is 17.8. The highest BCUT2D eigenvalue weighted by atomic mass is 16.7. The molecule has 0 radical (unpaired) electrons. The van der Waals surface area contributed by atoms with Gasteiger partial charge in [0.2, 0.25) is 5.91 Å². The predicted octanol–water partition coefficient (Wildman–Crippen LogP) is 6.79. The molecule has 17 nitrogen and oxygen atoms in total. The van der Waals surface area contributed by atoms with Crippen LogP contribution in [0.15, 0.2) is 103 Å². The number of alkyl carbamates (subject to hydrolysis) is 1. The first-order chi connectivity index (χ1) is 33.2. The number of hydrogen-bond acceptors (Lipinski definition) is 10. The Morgan fingerprint density at radius 3 is 2.04 bits per heavy atom. The van der Waals surface area contributed by atoms with Gasteiger partial charge in [0.25, 0.3) is 5.91 Å². The Labute approximate surface area is 393 Å². The molecule has 0 aliphatic carbocycles. The minimum atomic E-state index is -0.962. The molecular weight excluding hydrogens is 867 g/mol. The van der Waals surface area contributed by atoms with E-state index in [2.05, 4.69) is 86.6 Å². The summed E-state index contributed by atoms with van der Waals surface area (Å²) >= 11 is 0. The van der Waals surface area contributed by atoms with E-state index in [-0.39, 0.29) is 30.3 Å². The third-order valence-corrected chi connectivity index (χ3v) is 13.8. The summed E-state index contributed by atoms with van der Waals surface area (Å²) in [5, 5.41) is 10.4. The minimum Gasteiger partial charge on any atom is -0.453 e. The van der Waals surface area contributed by atoms with Gasteiger partial charge in [0, 0.05) is 38.8 Å². The van der Waals surface area contributed by atoms with Gasteiger partial charge in [0.15, 0.2) is 5.79 Å². The number of carbonyl (C=O) groups is 4. The average Bonchev–Trinajstić information content (AvgIpc) is 4.26. The Morgan fingerprint density at radius 2 is 1.35 bits per heavy atom. The summed E-state index contributed by atoms with van der Waals surface area (Å²) in [6, 6.07) is 27.4. The van der Waals surface area contributed by atoms with E-state index in [1.54, 1.807) is 11.1 Å². The number of hydrogen-bond donors (Lipinski definition) is 5. The van der Waals surface area contributed by atoms with Crippen molar-refractivity contribution in [2.24, 2.45) is 5.92 Å². The fraction of sp³-hybridized carbons (Fsp3) is 0.373. The second-order valence-electron chi connectivity index (χ2n) is 17.8. The molecule has 6 heterocycles. The highest BCUT2D eigenvalue weighted by Crippen LogP contribution is 2.43. The number of methoxy groups -OCH3 is 1. The molecule has 10 rings (SSSR count). The number of nitrogens with zero attached hydrogens (tertiary/aromatic N) is 4. The molecule has 4 aromatic carbocycles. The monoisotopic (exact) mass is 921 g/mol. The van der Waals surface area contributed by atoms with Gasteiger partial charge in [-0.3, -0.25) is 9.59 Å². The van der Waals surface area contributed by atoms with Gasteiger partial charge in [-0.25, -0.2) is 19.6 Å². The van der Waals surface area contributed by atoms with E-state index >= 15 is 0 Å². The van der Waals surface area contributed by atoms with Crippen molar-refractivity contribution in [3.8, 4) is 33.6 Å². The van der Waals surface area contributed by atoms with Crippen LogP contribution < -0.4 is 16.0 Å². The lowest BCUT2D eigenvalue weighted by molar-refractivity contribution is -0.153. The molecular formula is C51H55N9O8. The first kappa shape index (κ1) is 44.7.